The highest BCUT2D eigenvalue weighted by Gasteiger charge is 2.55. The summed E-state index contributed by atoms with van der Waals surface area (Å²) in [7, 11) is 0. The number of furan rings is 1. The van der Waals surface area contributed by atoms with Crippen molar-refractivity contribution < 1.29 is 23.8 Å². The first kappa shape index (κ1) is 12.2. The Hall–Kier alpha value is -1.82. The summed E-state index contributed by atoms with van der Waals surface area (Å²) in [6, 6.07) is 3.49. The van der Waals surface area contributed by atoms with Crippen LogP contribution in [0.15, 0.2) is 22.8 Å². The lowest BCUT2D eigenvalue weighted by atomic mass is 9.79. The molecule has 4 atom stereocenters. The first-order valence-electron chi connectivity index (χ1n) is 6.35. The highest BCUT2D eigenvalue weighted by Crippen LogP contribution is 2.43. The summed E-state index contributed by atoms with van der Waals surface area (Å²) < 4.78 is 10.7. The van der Waals surface area contributed by atoms with Crippen molar-refractivity contribution >= 4 is 11.9 Å². The van der Waals surface area contributed by atoms with Crippen LogP contribution in [0, 0.1) is 11.8 Å². The highest BCUT2D eigenvalue weighted by atomic mass is 16.5. The second kappa shape index (κ2) is 4.70. The molecule has 0 radical (unpaired) electrons. The SMILES string of the molecule is O=C(O)[C@@H]1[C@@H](C(=O)NCc2ccco2)[C@H]2CC[C@@H]1O2. The van der Waals surface area contributed by atoms with Crippen LogP contribution >= 0.6 is 0 Å². The molecule has 3 rings (SSSR count). The van der Waals surface area contributed by atoms with Gasteiger partial charge in [0, 0.05) is 0 Å². The zero-order chi connectivity index (χ0) is 13.4. The average Bonchev–Trinajstić information content (AvgIpc) is 3.10. The Morgan fingerprint density at radius 3 is 2.68 bits per heavy atom. The Morgan fingerprint density at radius 1 is 1.32 bits per heavy atom. The molecular weight excluding hydrogens is 250 g/mol. The van der Waals surface area contributed by atoms with Gasteiger partial charge in [-0.3, -0.25) is 9.59 Å². The van der Waals surface area contributed by atoms with Crippen LogP contribution in [0.1, 0.15) is 18.6 Å². The van der Waals surface area contributed by atoms with Crippen LogP contribution in [0.3, 0.4) is 0 Å². The van der Waals surface area contributed by atoms with Crippen molar-refractivity contribution in [2.45, 2.75) is 31.6 Å². The number of rotatable bonds is 4. The van der Waals surface area contributed by atoms with Crippen LogP contribution in [0.5, 0.6) is 0 Å². The molecule has 0 saturated carbocycles. The molecule has 1 aromatic heterocycles. The van der Waals surface area contributed by atoms with Crippen LogP contribution in [0.4, 0.5) is 0 Å². The molecule has 19 heavy (non-hydrogen) atoms. The molecule has 0 spiro atoms. The van der Waals surface area contributed by atoms with Crippen molar-refractivity contribution in [3.63, 3.8) is 0 Å². The predicted octanol–water partition coefficient (Wildman–Crippen LogP) is 0.774. The Balaban J connectivity index is 1.66. The van der Waals surface area contributed by atoms with E-state index in [1.54, 1.807) is 12.1 Å². The minimum absolute atomic E-state index is 0.261. The largest absolute Gasteiger partial charge is 0.481 e. The van der Waals surface area contributed by atoms with Gasteiger partial charge in [-0.15, -0.1) is 0 Å². The van der Waals surface area contributed by atoms with Gasteiger partial charge in [0.2, 0.25) is 5.91 Å². The molecule has 6 nitrogen and oxygen atoms in total. The topological polar surface area (TPSA) is 88.8 Å². The molecule has 1 aromatic rings. The maximum absolute atomic E-state index is 12.1. The number of nitrogens with one attached hydrogen (secondary N) is 1. The summed E-state index contributed by atoms with van der Waals surface area (Å²) in [5.41, 5.74) is 0. The number of aliphatic carboxylic acids is 1. The molecule has 2 aliphatic heterocycles. The van der Waals surface area contributed by atoms with E-state index in [1.165, 1.54) is 6.26 Å². The van der Waals surface area contributed by atoms with Crippen LogP contribution < -0.4 is 5.32 Å². The second-order valence-corrected chi connectivity index (χ2v) is 4.98. The lowest BCUT2D eigenvalue weighted by Crippen LogP contribution is -2.43. The van der Waals surface area contributed by atoms with Crippen molar-refractivity contribution in [1.82, 2.24) is 5.32 Å². The number of carboxylic acid groups (broad SMARTS) is 1. The van der Waals surface area contributed by atoms with Gasteiger partial charge >= 0.3 is 5.97 Å². The number of hydrogen-bond donors (Lipinski definition) is 2. The third-order valence-corrected chi connectivity index (χ3v) is 3.88. The number of carbonyl (C=O) groups excluding carboxylic acids is 1. The van der Waals surface area contributed by atoms with Crippen LogP contribution in [0.25, 0.3) is 0 Å². The lowest BCUT2D eigenvalue weighted by molar-refractivity contribution is -0.147. The van der Waals surface area contributed by atoms with Crippen LogP contribution in [-0.4, -0.2) is 29.2 Å². The second-order valence-electron chi connectivity index (χ2n) is 4.98. The van der Waals surface area contributed by atoms with Crippen LogP contribution in [-0.2, 0) is 20.9 Å². The number of amides is 1. The van der Waals surface area contributed by atoms with Gasteiger partial charge in [0.15, 0.2) is 0 Å². The van der Waals surface area contributed by atoms with Gasteiger partial charge in [0.25, 0.3) is 0 Å². The molecule has 2 bridgehead atoms. The van der Waals surface area contributed by atoms with Gasteiger partial charge in [-0.1, -0.05) is 0 Å². The summed E-state index contributed by atoms with van der Waals surface area (Å²) in [6.07, 6.45) is 2.43. The predicted molar refractivity (Wildman–Crippen MR) is 63.1 cm³/mol. The van der Waals surface area contributed by atoms with E-state index in [2.05, 4.69) is 5.32 Å². The number of carbonyl (C=O) groups is 2. The first-order chi connectivity index (χ1) is 9.16. The maximum atomic E-state index is 12.1. The fourth-order valence-electron chi connectivity index (χ4n) is 3.03. The Kier molecular flexibility index (Phi) is 3.02. The Morgan fingerprint density at radius 2 is 2.05 bits per heavy atom. The summed E-state index contributed by atoms with van der Waals surface area (Å²) in [5.74, 6) is -1.90. The number of fused-ring (bicyclic) bond motifs is 2. The Labute approximate surface area is 109 Å². The number of carboxylic acids is 1. The van der Waals surface area contributed by atoms with Crippen LogP contribution in [0.2, 0.25) is 0 Å². The number of ether oxygens (including phenoxy) is 1. The molecule has 6 heteroatoms. The minimum Gasteiger partial charge on any atom is -0.481 e. The van der Waals surface area contributed by atoms with Gasteiger partial charge in [-0.2, -0.15) is 0 Å². The average molecular weight is 265 g/mol. The smallest absolute Gasteiger partial charge is 0.310 e. The van der Waals surface area contributed by atoms with Gasteiger partial charge in [-0.25, -0.2) is 0 Å². The summed E-state index contributed by atoms with van der Waals surface area (Å²) in [5, 5.41) is 11.9. The van der Waals surface area contributed by atoms with E-state index >= 15 is 0 Å². The molecule has 0 aromatic carbocycles. The minimum atomic E-state index is -0.953. The Bertz CT molecular complexity index is 483. The van der Waals surface area contributed by atoms with E-state index in [0.717, 1.165) is 12.8 Å². The maximum Gasteiger partial charge on any atom is 0.310 e. The third-order valence-electron chi connectivity index (χ3n) is 3.88. The molecule has 102 valence electrons. The van der Waals surface area contributed by atoms with Gasteiger partial charge in [-0.05, 0) is 25.0 Å². The fourth-order valence-corrected chi connectivity index (χ4v) is 3.03. The molecular formula is C13H15NO5. The molecule has 3 heterocycles. The standard InChI is InChI=1S/C13H15NO5/c15-12(14-6-7-2-1-5-18-7)10-8-3-4-9(19-8)11(10)13(16)17/h1-2,5,8-11H,3-4,6H2,(H,14,15)(H,16,17)/t8-,9+,10+,11+/m1/s1. The molecule has 0 aliphatic carbocycles. The summed E-state index contributed by atoms with van der Waals surface area (Å²) >= 11 is 0. The summed E-state index contributed by atoms with van der Waals surface area (Å²) in [6.45, 7) is 0.270. The molecule has 0 unspecified atom stereocenters. The molecule has 2 fully saturated rings. The zero-order valence-corrected chi connectivity index (χ0v) is 10.2. The zero-order valence-electron chi connectivity index (χ0n) is 10.2. The quantitative estimate of drug-likeness (QED) is 0.839. The van der Waals surface area contributed by atoms with Gasteiger partial charge in [0.1, 0.15) is 5.76 Å². The lowest BCUT2D eigenvalue weighted by Gasteiger charge is -2.23. The highest BCUT2D eigenvalue weighted by molar-refractivity contribution is 5.86. The van der Waals surface area contributed by atoms with E-state index in [4.69, 9.17) is 9.15 Å². The normalized spacial score (nSPS) is 32.4. The van der Waals surface area contributed by atoms with Crippen molar-refractivity contribution in [3.8, 4) is 0 Å². The first-order valence-corrected chi connectivity index (χ1v) is 6.35. The number of hydrogen-bond acceptors (Lipinski definition) is 4. The van der Waals surface area contributed by atoms with Crippen molar-refractivity contribution in [1.29, 1.82) is 0 Å². The van der Waals surface area contributed by atoms with E-state index in [0.29, 0.717) is 5.76 Å². The monoisotopic (exact) mass is 265 g/mol. The molecule has 2 N–H and O–H groups in total. The van der Waals surface area contributed by atoms with E-state index < -0.39 is 17.8 Å². The summed E-state index contributed by atoms with van der Waals surface area (Å²) in [4.78, 5) is 23.4. The van der Waals surface area contributed by atoms with Crippen molar-refractivity contribution in [2.24, 2.45) is 11.8 Å². The third kappa shape index (κ3) is 2.12. The van der Waals surface area contributed by atoms with Crippen molar-refractivity contribution in [3.05, 3.63) is 24.2 Å². The molecule has 1 amide bonds. The van der Waals surface area contributed by atoms with Gasteiger partial charge < -0.3 is 19.6 Å². The van der Waals surface area contributed by atoms with E-state index in [-0.39, 0.29) is 24.7 Å². The van der Waals surface area contributed by atoms with Crippen molar-refractivity contribution in [2.75, 3.05) is 0 Å². The van der Waals surface area contributed by atoms with Gasteiger partial charge in [0.05, 0.1) is 36.9 Å². The molecule has 2 aliphatic rings. The van der Waals surface area contributed by atoms with E-state index in [1.807, 2.05) is 0 Å². The molecule has 2 saturated heterocycles. The fraction of sp³-hybridized carbons (Fsp3) is 0.538. The van der Waals surface area contributed by atoms with E-state index in [9.17, 15) is 14.7 Å².